The van der Waals surface area contributed by atoms with Crippen LogP contribution in [0.5, 0.6) is 0 Å². The molecule has 0 aliphatic rings. The van der Waals surface area contributed by atoms with E-state index in [2.05, 4.69) is 54.0 Å². The van der Waals surface area contributed by atoms with Crippen molar-refractivity contribution in [3.05, 3.63) is 24.0 Å². The van der Waals surface area contributed by atoms with Gasteiger partial charge in [-0.25, -0.2) is 0 Å². The summed E-state index contributed by atoms with van der Waals surface area (Å²) < 4.78 is 2.04. The molecule has 0 radical (unpaired) electrons. The van der Waals surface area contributed by atoms with Crippen LogP contribution in [0.3, 0.4) is 0 Å². The average molecular weight is 393 g/mol. The minimum absolute atomic E-state index is 0. The van der Waals surface area contributed by atoms with Gasteiger partial charge in [0.05, 0.1) is 0 Å². The first-order valence-electron chi connectivity index (χ1n) is 6.71. The molecule has 5 nitrogen and oxygen atoms in total. The maximum absolute atomic E-state index is 4.20. The minimum atomic E-state index is 0. The number of aliphatic imine (C=N–C) groups is 1. The van der Waals surface area contributed by atoms with Crippen molar-refractivity contribution in [2.45, 2.75) is 32.9 Å². The summed E-state index contributed by atoms with van der Waals surface area (Å²) in [6, 6.07) is 2.10. The smallest absolute Gasteiger partial charge is 0.191 e. The van der Waals surface area contributed by atoms with Crippen molar-refractivity contribution in [3.63, 3.8) is 0 Å². The Morgan fingerprint density at radius 2 is 1.95 bits per heavy atom. The molecule has 0 saturated carbocycles. The Kier molecular flexibility index (Phi) is 8.88. The molecule has 1 heterocycles. The maximum Gasteiger partial charge on any atom is 0.191 e. The van der Waals surface area contributed by atoms with E-state index in [9.17, 15) is 0 Å². The van der Waals surface area contributed by atoms with Gasteiger partial charge in [0.25, 0.3) is 0 Å². The molecule has 0 amide bonds. The highest BCUT2D eigenvalue weighted by Gasteiger charge is 2.07. The molecule has 0 saturated heterocycles. The lowest BCUT2D eigenvalue weighted by Gasteiger charge is -2.21. The molecule has 1 aromatic heterocycles. The number of hydrogen-bond acceptors (Lipinski definition) is 2. The largest absolute Gasteiger partial charge is 0.357 e. The zero-order valence-corrected chi connectivity index (χ0v) is 15.5. The van der Waals surface area contributed by atoms with Crippen LogP contribution in [-0.2, 0) is 13.6 Å². The van der Waals surface area contributed by atoms with Gasteiger partial charge in [-0.2, -0.15) is 0 Å². The molecule has 1 rings (SSSR count). The fourth-order valence-electron chi connectivity index (χ4n) is 1.69. The van der Waals surface area contributed by atoms with Crippen LogP contribution < -0.4 is 16.0 Å². The van der Waals surface area contributed by atoms with E-state index in [4.69, 9.17) is 0 Å². The van der Waals surface area contributed by atoms with Gasteiger partial charge in [-0.05, 0) is 32.4 Å². The first kappa shape index (κ1) is 19.2. The fourth-order valence-corrected chi connectivity index (χ4v) is 1.69. The lowest BCUT2D eigenvalue weighted by Crippen LogP contribution is -2.44. The van der Waals surface area contributed by atoms with Crippen molar-refractivity contribution in [3.8, 4) is 0 Å². The predicted octanol–water partition coefficient (Wildman–Crippen LogP) is 1.70. The molecule has 0 atom stereocenters. The van der Waals surface area contributed by atoms with Crippen LogP contribution in [-0.4, -0.2) is 36.2 Å². The average Bonchev–Trinajstić information content (AvgIpc) is 2.73. The van der Waals surface area contributed by atoms with Crippen LogP contribution >= 0.6 is 24.0 Å². The van der Waals surface area contributed by atoms with Gasteiger partial charge in [0.15, 0.2) is 5.96 Å². The van der Waals surface area contributed by atoms with Crippen molar-refractivity contribution in [2.75, 3.05) is 20.1 Å². The van der Waals surface area contributed by atoms with Gasteiger partial charge in [0, 0.05) is 51.7 Å². The summed E-state index contributed by atoms with van der Waals surface area (Å²) in [7, 11) is 3.81. The second-order valence-corrected chi connectivity index (χ2v) is 5.71. The molecule has 0 aromatic carbocycles. The summed E-state index contributed by atoms with van der Waals surface area (Å²) >= 11 is 0. The number of nitrogens with one attached hydrogen (secondary N) is 3. The highest BCUT2D eigenvalue weighted by atomic mass is 127. The Morgan fingerprint density at radius 1 is 1.25 bits per heavy atom. The fraction of sp³-hybridized carbons (Fsp3) is 0.643. The van der Waals surface area contributed by atoms with E-state index >= 15 is 0 Å². The number of guanidine groups is 1. The van der Waals surface area contributed by atoms with Gasteiger partial charge >= 0.3 is 0 Å². The van der Waals surface area contributed by atoms with Crippen LogP contribution in [0.1, 0.15) is 26.3 Å². The normalized spacial score (nSPS) is 11.9. The summed E-state index contributed by atoms with van der Waals surface area (Å²) in [5, 5.41) is 10.0. The van der Waals surface area contributed by atoms with E-state index in [0.717, 1.165) is 25.6 Å². The monoisotopic (exact) mass is 393 g/mol. The first-order chi connectivity index (χ1) is 8.90. The molecule has 0 spiro atoms. The van der Waals surface area contributed by atoms with Crippen LogP contribution in [0.4, 0.5) is 0 Å². The molecule has 3 N–H and O–H groups in total. The molecule has 116 valence electrons. The highest BCUT2D eigenvalue weighted by molar-refractivity contribution is 14.0. The Bertz CT molecular complexity index is 406. The van der Waals surface area contributed by atoms with Gasteiger partial charge in [-0.3, -0.25) is 4.99 Å². The van der Waals surface area contributed by atoms with Crippen molar-refractivity contribution in [1.29, 1.82) is 0 Å². The Morgan fingerprint density at radius 3 is 2.45 bits per heavy atom. The molecule has 0 unspecified atom stereocenters. The van der Waals surface area contributed by atoms with Crippen molar-refractivity contribution < 1.29 is 0 Å². The van der Waals surface area contributed by atoms with E-state index < -0.39 is 0 Å². The Labute approximate surface area is 139 Å². The third kappa shape index (κ3) is 8.42. The maximum atomic E-state index is 4.20. The summed E-state index contributed by atoms with van der Waals surface area (Å²) in [5.41, 5.74) is 1.40. The van der Waals surface area contributed by atoms with Gasteiger partial charge in [-0.15, -0.1) is 24.0 Å². The van der Waals surface area contributed by atoms with Crippen LogP contribution in [0.15, 0.2) is 23.5 Å². The SMILES string of the molecule is CN=C(NCCNC(C)(C)C)NCc1ccn(C)c1.I. The highest BCUT2D eigenvalue weighted by Crippen LogP contribution is 1.98. The minimum Gasteiger partial charge on any atom is -0.357 e. The summed E-state index contributed by atoms with van der Waals surface area (Å²) in [5.74, 6) is 0.833. The van der Waals surface area contributed by atoms with Crippen LogP contribution in [0.25, 0.3) is 0 Å². The molecule has 1 aromatic rings. The van der Waals surface area contributed by atoms with Gasteiger partial charge < -0.3 is 20.5 Å². The molecular formula is C14H28IN5. The predicted molar refractivity (Wildman–Crippen MR) is 96.8 cm³/mol. The third-order valence-electron chi connectivity index (χ3n) is 2.65. The van der Waals surface area contributed by atoms with E-state index in [1.54, 1.807) is 7.05 Å². The zero-order chi connectivity index (χ0) is 14.3. The number of aryl methyl sites for hydroxylation is 1. The second kappa shape index (κ2) is 9.23. The second-order valence-electron chi connectivity index (χ2n) is 5.71. The van der Waals surface area contributed by atoms with Crippen molar-refractivity contribution in [2.24, 2.45) is 12.0 Å². The van der Waals surface area contributed by atoms with Gasteiger partial charge in [-0.1, -0.05) is 0 Å². The summed E-state index contributed by atoms with van der Waals surface area (Å²) in [6.07, 6.45) is 4.14. The van der Waals surface area contributed by atoms with E-state index in [1.807, 2.05) is 17.8 Å². The van der Waals surface area contributed by atoms with Crippen LogP contribution in [0.2, 0.25) is 0 Å². The zero-order valence-electron chi connectivity index (χ0n) is 13.2. The Hall–Kier alpha value is -0.760. The quantitative estimate of drug-likeness (QED) is 0.309. The van der Waals surface area contributed by atoms with Crippen molar-refractivity contribution in [1.82, 2.24) is 20.5 Å². The number of aromatic nitrogens is 1. The van der Waals surface area contributed by atoms with Crippen LogP contribution in [0, 0.1) is 0 Å². The molecule has 0 aliphatic carbocycles. The number of nitrogens with zero attached hydrogens (tertiary/aromatic N) is 2. The number of halogens is 1. The lowest BCUT2D eigenvalue weighted by atomic mass is 10.1. The molecule has 6 heteroatoms. The molecule has 0 bridgehead atoms. The van der Waals surface area contributed by atoms with Crippen molar-refractivity contribution >= 4 is 29.9 Å². The molecule has 0 fully saturated rings. The van der Waals surface area contributed by atoms with Gasteiger partial charge in [0.1, 0.15) is 0 Å². The third-order valence-corrected chi connectivity index (χ3v) is 2.65. The topological polar surface area (TPSA) is 53.4 Å². The van der Waals surface area contributed by atoms with E-state index in [-0.39, 0.29) is 29.5 Å². The lowest BCUT2D eigenvalue weighted by molar-refractivity contribution is 0.428. The molecule has 0 aliphatic heterocycles. The molecular weight excluding hydrogens is 365 g/mol. The summed E-state index contributed by atoms with van der Waals surface area (Å²) in [4.78, 5) is 4.20. The standard InChI is InChI=1S/C14H27N5.HI/c1-14(2,3)18-8-7-16-13(15-4)17-10-12-6-9-19(5)11-12;/h6,9,11,18H,7-8,10H2,1-5H3,(H2,15,16,17);1H. The van der Waals surface area contributed by atoms with E-state index in [1.165, 1.54) is 5.56 Å². The van der Waals surface area contributed by atoms with E-state index in [0.29, 0.717) is 0 Å². The number of rotatable bonds is 5. The molecule has 20 heavy (non-hydrogen) atoms. The number of hydrogen-bond donors (Lipinski definition) is 3. The first-order valence-corrected chi connectivity index (χ1v) is 6.71. The Balaban J connectivity index is 0.00000361. The summed E-state index contributed by atoms with van der Waals surface area (Å²) in [6.45, 7) is 9.04. The van der Waals surface area contributed by atoms with Gasteiger partial charge in [0.2, 0.25) is 0 Å².